The summed E-state index contributed by atoms with van der Waals surface area (Å²) < 4.78 is 14.8. The lowest BCUT2D eigenvalue weighted by atomic mass is 9.72. The normalized spacial score (nSPS) is 25.9. The summed E-state index contributed by atoms with van der Waals surface area (Å²) in [5.74, 6) is 0.711. The van der Waals surface area contributed by atoms with Gasteiger partial charge in [-0.3, -0.25) is 14.2 Å². The van der Waals surface area contributed by atoms with Crippen LogP contribution in [0.5, 0.6) is 0 Å². The van der Waals surface area contributed by atoms with Gasteiger partial charge in [0, 0.05) is 12.6 Å². The molecule has 1 aromatic heterocycles. The molecule has 1 saturated carbocycles. The fraction of sp³-hybridized carbons (Fsp3) is 0.550. The van der Waals surface area contributed by atoms with Crippen molar-refractivity contribution in [2.75, 3.05) is 6.54 Å². The molecule has 0 bridgehead atoms. The molecule has 0 radical (unpaired) electrons. The van der Waals surface area contributed by atoms with Crippen molar-refractivity contribution in [1.29, 1.82) is 0 Å². The van der Waals surface area contributed by atoms with Gasteiger partial charge < -0.3 is 4.90 Å². The molecule has 1 aliphatic heterocycles. The molecule has 1 aromatic carbocycles. The van der Waals surface area contributed by atoms with Gasteiger partial charge in [0.1, 0.15) is 12.4 Å². The Kier molecular flexibility index (Phi) is 4.51. The summed E-state index contributed by atoms with van der Waals surface area (Å²) in [4.78, 5) is 31.7. The fourth-order valence-electron chi connectivity index (χ4n) is 4.70. The lowest BCUT2D eigenvalue weighted by Gasteiger charge is -2.47. The van der Waals surface area contributed by atoms with E-state index in [4.69, 9.17) is 0 Å². The largest absolute Gasteiger partial charge is 0.338 e. The Morgan fingerprint density at radius 3 is 2.92 bits per heavy atom. The number of hydrogen-bond acceptors (Lipinski definition) is 3. The van der Waals surface area contributed by atoms with Crippen LogP contribution in [-0.4, -0.2) is 32.9 Å². The lowest BCUT2D eigenvalue weighted by molar-refractivity contribution is -0.139. The summed E-state index contributed by atoms with van der Waals surface area (Å²) in [5.41, 5.74) is 0.0765. The van der Waals surface area contributed by atoms with Gasteiger partial charge in [-0.05, 0) is 49.3 Å². The van der Waals surface area contributed by atoms with Crippen molar-refractivity contribution in [2.24, 2.45) is 11.8 Å². The van der Waals surface area contributed by atoms with Crippen LogP contribution in [0.25, 0.3) is 10.9 Å². The minimum atomic E-state index is -0.476. The molecule has 1 saturated heterocycles. The molecule has 1 aliphatic carbocycles. The molecule has 26 heavy (non-hydrogen) atoms. The molecule has 2 heterocycles. The zero-order valence-corrected chi connectivity index (χ0v) is 15.0. The Morgan fingerprint density at radius 2 is 2.08 bits per heavy atom. The van der Waals surface area contributed by atoms with Crippen LogP contribution in [0.2, 0.25) is 0 Å². The highest BCUT2D eigenvalue weighted by atomic mass is 19.1. The van der Waals surface area contributed by atoms with Gasteiger partial charge in [-0.2, -0.15) is 0 Å². The average molecular weight is 357 g/mol. The van der Waals surface area contributed by atoms with Gasteiger partial charge in [-0.15, -0.1) is 0 Å². The van der Waals surface area contributed by atoms with E-state index in [9.17, 15) is 14.0 Å². The zero-order chi connectivity index (χ0) is 18.3. The summed E-state index contributed by atoms with van der Waals surface area (Å²) in [5, 5.41) is 0.211. The van der Waals surface area contributed by atoms with Gasteiger partial charge in [0.15, 0.2) is 0 Å². The summed E-state index contributed by atoms with van der Waals surface area (Å²) in [6.07, 6.45) is 7.05. The maximum atomic E-state index is 13.5. The second kappa shape index (κ2) is 6.82. The van der Waals surface area contributed by atoms with Crippen molar-refractivity contribution in [3.05, 3.63) is 40.7 Å². The third-order valence-electron chi connectivity index (χ3n) is 6.15. The quantitative estimate of drug-likeness (QED) is 0.830. The van der Waals surface area contributed by atoms with E-state index in [1.54, 1.807) is 0 Å². The van der Waals surface area contributed by atoms with Gasteiger partial charge >= 0.3 is 0 Å². The fourth-order valence-corrected chi connectivity index (χ4v) is 4.70. The van der Waals surface area contributed by atoms with E-state index in [-0.39, 0.29) is 23.4 Å². The van der Waals surface area contributed by atoms with Crippen LogP contribution in [0.1, 0.15) is 39.0 Å². The number of halogens is 1. The number of amides is 1. The number of piperidine rings is 1. The molecule has 2 aromatic rings. The Bertz CT molecular complexity index is 894. The molecule has 3 atom stereocenters. The number of carbonyl (C=O) groups excluding carboxylic acids is 1. The van der Waals surface area contributed by atoms with Gasteiger partial charge in [-0.25, -0.2) is 9.37 Å². The zero-order valence-electron chi connectivity index (χ0n) is 15.0. The number of benzene rings is 1. The number of carbonyl (C=O) groups is 1. The van der Waals surface area contributed by atoms with E-state index < -0.39 is 5.82 Å². The Labute approximate surface area is 151 Å². The summed E-state index contributed by atoms with van der Waals surface area (Å²) in [6, 6.07) is 4.24. The number of likely N-dealkylation sites (tertiary alicyclic amines) is 1. The van der Waals surface area contributed by atoms with Crippen molar-refractivity contribution in [3.8, 4) is 0 Å². The number of nitrogens with zero attached hydrogens (tertiary/aromatic N) is 3. The standard InChI is InChI=1S/C20H24FN3O2/c1-13-8-9-24(18-5-3-2-4-15(13)18)19(25)11-23-12-22-17-7-6-14(21)10-16(17)20(23)26/h6-7,10,12-13,15,18H,2-5,8-9,11H2,1H3. The van der Waals surface area contributed by atoms with Gasteiger partial charge in [0.05, 0.1) is 17.2 Å². The van der Waals surface area contributed by atoms with E-state index in [1.807, 2.05) is 4.90 Å². The van der Waals surface area contributed by atoms with E-state index in [0.717, 1.165) is 25.8 Å². The molecule has 1 amide bonds. The van der Waals surface area contributed by atoms with Gasteiger partial charge in [0.25, 0.3) is 5.56 Å². The first-order chi connectivity index (χ1) is 12.5. The predicted molar refractivity (Wildman–Crippen MR) is 97.2 cm³/mol. The van der Waals surface area contributed by atoms with Crippen molar-refractivity contribution in [3.63, 3.8) is 0 Å². The van der Waals surface area contributed by atoms with Crippen molar-refractivity contribution < 1.29 is 9.18 Å². The smallest absolute Gasteiger partial charge is 0.261 e. The van der Waals surface area contributed by atoms with E-state index in [1.165, 1.54) is 41.9 Å². The molecule has 3 unspecified atom stereocenters. The maximum Gasteiger partial charge on any atom is 0.261 e. The van der Waals surface area contributed by atoms with Crippen LogP contribution in [0.15, 0.2) is 29.3 Å². The number of hydrogen-bond donors (Lipinski definition) is 0. The minimum Gasteiger partial charge on any atom is -0.338 e. The Balaban J connectivity index is 1.59. The van der Waals surface area contributed by atoms with E-state index in [2.05, 4.69) is 11.9 Å². The Morgan fingerprint density at radius 1 is 1.27 bits per heavy atom. The molecule has 2 aliphatic rings. The molecule has 2 fully saturated rings. The highest BCUT2D eigenvalue weighted by Crippen LogP contribution is 2.38. The summed E-state index contributed by atoms with van der Waals surface area (Å²) in [6.45, 7) is 3.01. The number of aromatic nitrogens is 2. The van der Waals surface area contributed by atoms with Crippen LogP contribution in [0, 0.1) is 17.7 Å². The van der Waals surface area contributed by atoms with E-state index in [0.29, 0.717) is 23.4 Å². The predicted octanol–water partition coefficient (Wildman–Crippen LogP) is 2.96. The summed E-state index contributed by atoms with van der Waals surface area (Å²) in [7, 11) is 0. The molecule has 138 valence electrons. The van der Waals surface area contributed by atoms with Crippen LogP contribution in [0.4, 0.5) is 4.39 Å². The first-order valence-electron chi connectivity index (χ1n) is 9.49. The molecular formula is C20H24FN3O2. The minimum absolute atomic E-state index is 0.0319. The molecular weight excluding hydrogens is 333 g/mol. The SMILES string of the molecule is CC1CCN(C(=O)Cn2cnc3ccc(F)cc3c2=O)C2CCCCC12. The topological polar surface area (TPSA) is 55.2 Å². The van der Waals surface area contributed by atoms with Crippen LogP contribution in [0.3, 0.4) is 0 Å². The molecule has 6 heteroatoms. The van der Waals surface area contributed by atoms with Gasteiger partial charge in [0.2, 0.25) is 5.91 Å². The third kappa shape index (κ3) is 3.02. The summed E-state index contributed by atoms with van der Waals surface area (Å²) >= 11 is 0. The van der Waals surface area contributed by atoms with Crippen LogP contribution >= 0.6 is 0 Å². The molecule has 0 spiro atoms. The number of fused-ring (bicyclic) bond motifs is 2. The molecule has 4 rings (SSSR count). The van der Waals surface area contributed by atoms with E-state index >= 15 is 0 Å². The van der Waals surface area contributed by atoms with Crippen LogP contribution < -0.4 is 5.56 Å². The maximum absolute atomic E-state index is 13.5. The Hall–Kier alpha value is -2.24. The second-order valence-electron chi connectivity index (χ2n) is 7.71. The highest BCUT2D eigenvalue weighted by Gasteiger charge is 2.39. The van der Waals surface area contributed by atoms with Gasteiger partial charge in [-0.1, -0.05) is 19.8 Å². The first kappa shape index (κ1) is 17.2. The lowest BCUT2D eigenvalue weighted by Crippen LogP contribution is -2.53. The monoisotopic (exact) mass is 357 g/mol. The molecule has 5 nitrogen and oxygen atoms in total. The molecule has 0 N–H and O–H groups in total. The van der Waals surface area contributed by atoms with Crippen molar-refractivity contribution >= 4 is 16.8 Å². The first-order valence-corrected chi connectivity index (χ1v) is 9.49. The van der Waals surface area contributed by atoms with Crippen molar-refractivity contribution in [2.45, 2.75) is 51.6 Å². The average Bonchev–Trinajstić information content (AvgIpc) is 2.65. The van der Waals surface area contributed by atoms with Crippen molar-refractivity contribution in [1.82, 2.24) is 14.5 Å². The third-order valence-corrected chi connectivity index (χ3v) is 6.15. The van der Waals surface area contributed by atoms with Crippen LogP contribution in [-0.2, 0) is 11.3 Å². The highest BCUT2D eigenvalue weighted by molar-refractivity contribution is 5.79. The second-order valence-corrected chi connectivity index (χ2v) is 7.71. The number of rotatable bonds is 2.